The Bertz CT molecular complexity index is 323. The minimum atomic E-state index is -1.14. The highest BCUT2D eigenvalue weighted by Gasteiger charge is 2.66. The van der Waals surface area contributed by atoms with Crippen molar-refractivity contribution >= 4 is 11.8 Å². The summed E-state index contributed by atoms with van der Waals surface area (Å²) < 4.78 is 0. The number of carboxylic acids is 1. The van der Waals surface area contributed by atoms with Crippen molar-refractivity contribution in [1.82, 2.24) is 0 Å². The SMILES string of the molecule is O=C(O)C1C(=O)CC12CC([N+](=O)[O-])C2. The Labute approximate surface area is 79.1 Å². The lowest BCUT2D eigenvalue weighted by Gasteiger charge is -2.52. The monoisotopic (exact) mass is 199 g/mol. The fourth-order valence-electron chi connectivity index (χ4n) is 2.57. The lowest BCUT2D eigenvalue weighted by molar-refractivity contribution is -0.549. The summed E-state index contributed by atoms with van der Waals surface area (Å²) in [6.07, 6.45) is 0.680. The van der Waals surface area contributed by atoms with Crippen LogP contribution in [0.5, 0.6) is 0 Å². The number of ketones is 1. The zero-order valence-corrected chi connectivity index (χ0v) is 7.30. The predicted molar refractivity (Wildman–Crippen MR) is 43.2 cm³/mol. The van der Waals surface area contributed by atoms with Crippen molar-refractivity contribution in [2.75, 3.05) is 0 Å². The third-order valence-corrected chi connectivity index (χ3v) is 3.29. The highest BCUT2D eigenvalue weighted by atomic mass is 16.6. The average Bonchev–Trinajstić information content (AvgIpc) is 1.92. The van der Waals surface area contributed by atoms with E-state index in [0.29, 0.717) is 0 Å². The molecule has 0 saturated heterocycles. The molecule has 1 unspecified atom stereocenters. The third kappa shape index (κ3) is 0.964. The van der Waals surface area contributed by atoms with Gasteiger partial charge in [0.05, 0.1) is 0 Å². The van der Waals surface area contributed by atoms with Crippen molar-refractivity contribution in [2.45, 2.75) is 25.3 Å². The molecular weight excluding hydrogens is 190 g/mol. The molecule has 0 aromatic rings. The maximum Gasteiger partial charge on any atom is 0.314 e. The van der Waals surface area contributed by atoms with E-state index < -0.39 is 28.3 Å². The summed E-state index contributed by atoms with van der Waals surface area (Å²) >= 11 is 0. The van der Waals surface area contributed by atoms with Crippen molar-refractivity contribution in [3.05, 3.63) is 10.1 Å². The van der Waals surface area contributed by atoms with Crippen LogP contribution in [0.25, 0.3) is 0 Å². The molecule has 2 aliphatic carbocycles. The number of carboxylic acid groups (broad SMARTS) is 1. The van der Waals surface area contributed by atoms with E-state index in [1.54, 1.807) is 0 Å². The van der Waals surface area contributed by atoms with Gasteiger partial charge in [-0.05, 0) is 0 Å². The van der Waals surface area contributed by atoms with E-state index in [1.165, 1.54) is 0 Å². The topological polar surface area (TPSA) is 97.5 Å². The minimum absolute atomic E-state index is 0.203. The van der Waals surface area contributed by atoms with Gasteiger partial charge in [-0.2, -0.15) is 0 Å². The lowest BCUT2D eigenvalue weighted by atomic mass is 9.47. The Morgan fingerprint density at radius 2 is 2.14 bits per heavy atom. The van der Waals surface area contributed by atoms with E-state index in [0.717, 1.165) is 0 Å². The number of hydrogen-bond donors (Lipinski definition) is 1. The van der Waals surface area contributed by atoms with Crippen LogP contribution in [0.1, 0.15) is 19.3 Å². The molecule has 76 valence electrons. The van der Waals surface area contributed by atoms with E-state index in [1.807, 2.05) is 0 Å². The minimum Gasteiger partial charge on any atom is -0.481 e. The molecule has 2 saturated carbocycles. The molecule has 0 radical (unpaired) electrons. The summed E-state index contributed by atoms with van der Waals surface area (Å²) in [5.74, 6) is -2.42. The molecule has 2 rings (SSSR count). The number of hydrogen-bond acceptors (Lipinski definition) is 4. The molecule has 0 aliphatic heterocycles. The molecule has 1 spiro atoms. The maximum absolute atomic E-state index is 11.0. The summed E-state index contributed by atoms with van der Waals surface area (Å²) in [4.78, 5) is 31.6. The van der Waals surface area contributed by atoms with Gasteiger partial charge in [-0.25, -0.2) is 0 Å². The summed E-state index contributed by atoms with van der Waals surface area (Å²) in [7, 11) is 0. The van der Waals surface area contributed by atoms with Gasteiger partial charge in [-0.15, -0.1) is 0 Å². The predicted octanol–water partition coefficient (Wildman–Crippen LogP) is 0.0855. The van der Waals surface area contributed by atoms with Gasteiger partial charge in [0.15, 0.2) is 0 Å². The summed E-state index contributed by atoms with van der Waals surface area (Å²) in [6, 6.07) is -0.648. The normalized spacial score (nSPS) is 40.1. The van der Waals surface area contributed by atoms with Crippen LogP contribution in [0, 0.1) is 21.4 Å². The van der Waals surface area contributed by atoms with Crippen molar-refractivity contribution in [3.63, 3.8) is 0 Å². The van der Waals surface area contributed by atoms with Gasteiger partial charge in [-0.3, -0.25) is 19.7 Å². The van der Waals surface area contributed by atoms with Gasteiger partial charge in [0, 0.05) is 29.6 Å². The Kier molecular flexibility index (Phi) is 1.64. The standard InChI is InChI=1S/C8H9NO5/c10-5-3-8(6(5)7(11)12)1-4(2-8)9(13)14/h4,6H,1-3H2,(H,11,12). The first-order chi connectivity index (χ1) is 6.46. The van der Waals surface area contributed by atoms with Crippen LogP contribution in [0.2, 0.25) is 0 Å². The van der Waals surface area contributed by atoms with Crippen LogP contribution in [0.3, 0.4) is 0 Å². The van der Waals surface area contributed by atoms with Crippen molar-refractivity contribution < 1.29 is 19.6 Å². The van der Waals surface area contributed by atoms with Crippen LogP contribution in [-0.4, -0.2) is 27.8 Å². The number of Topliss-reactive ketones (excluding diaryl/α,β-unsaturated/α-hetero) is 1. The van der Waals surface area contributed by atoms with Crippen LogP contribution in [0.15, 0.2) is 0 Å². The van der Waals surface area contributed by atoms with Crippen molar-refractivity contribution in [1.29, 1.82) is 0 Å². The van der Waals surface area contributed by atoms with Gasteiger partial charge in [0.25, 0.3) is 0 Å². The zero-order chi connectivity index (χ0) is 10.5. The van der Waals surface area contributed by atoms with E-state index in [4.69, 9.17) is 5.11 Å². The molecule has 2 fully saturated rings. The molecule has 0 bridgehead atoms. The van der Waals surface area contributed by atoms with E-state index in [9.17, 15) is 19.7 Å². The van der Waals surface area contributed by atoms with E-state index >= 15 is 0 Å². The van der Waals surface area contributed by atoms with Crippen molar-refractivity contribution in [3.8, 4) is 0 Å². The molecule has 14 heavy (non-hydrogen) atoms. The molecule has 0 amide bonds. The van der Waals surface area contributed by atoms with Crippen LogP contribution in [0.4, 0.5) is 0 Å². The third-order valence-electron chi connectivity index (χ3n) is 3.29. The summed E-state index contributed by atoms with van der Waals surface area (Å²) in [5.41, 5.74) is -0.583. The molecular formula is C8H9NO5. The molecule has 6 heteroatoms. The van der Waals surface area contributed by atoms with Gasteiger partial charge in [-0.1, -0.05) is 0 Å². The highest BCUT2D eigenvalue weighted by molar-refractivity contribution is 6.05. The fraction of sp³-hybridized carbons (Fsp3) is 0.750. The second-order valence-corrected chi connectivity index (χ2v) is 4.12. The highest BCUT2D eigenvalue weighted by Crippen LogP contribution is 2.58. The number of nitrogens with zero attached hydrogens (tertiary/aromatic N) is 1. The maximum atomic E-state index is 11.0. The summed E-state index contributed by atoms with van der Waals surface area (Å²) in [6.45, 7) is 0. The first kappa shape index (κ1) is 9.11. The first-order valence-electron chi connectivity index (χ1n) is 4.35. The largest absolute Gasteiger partial charge is 0.481 e. The van der Waals surface area contributed by atoms with Gasteiger partial charge >= 0.3 is 5.97 Å². The molecule has 6 nitrogen and oxygen atoms in total. The second kappa shape index (κ2) is 2.52. The number of nitro groups is 1. The smallest absolute Gasteiger partial charge is 0.314 e. The Balaban J connectivity index is 2.05. The fourth-order valence-corrected chi connectivity index (χ4v) is 2.57. The van der Waals surface area contributed by atoms with E-state index in [-0.39, 0.29) is 25.0 Å². The Hall–Kier alpha value is -1.46. The quantitative estimate of drug-likeness (QED) is 0.386. The molecule has 0 aromatic carbocycles. The van der Waals surface area contributed by atoms with Crippen LogP contribution < -0.4 is 0 Å². The lowest BCUT2D eigenvalue weighted by Crippen LogP contribution is -2.62. The second-order valence-electron chi connectivity index (χ2n) is 4.12. The van der Waals surface area contributed by atoms with Gasteiger partial charge in [0.2, 0.25) is 6.04 Å². The van der Waals surface area contributed by atoms with E-state index in [2.05, 4.69) is 0 Å². The molecule has 0 aromatic heterocycles. The average molecular weight is 199 g/mol. The first-order valence-corrected chi connectivity index (χ1v) is 4.35. The Morgan fingerprint density at radius 3 is 2.50 bits per heavy atom. The van der Waals surface area contributed by atoms with Gasteiger partial charge in [0.1, 0.15) is 11.7 Å². The number of carbonyl (C=O) groups is 2. The number of carbonyl (C=O) groups excluding carboxylic acids is 1. The molecule has 1 atom stereocenters. The van der Waals surface area contributed by atoms with Gasteiger partial charge < -0.3 is 5.11 Å². The molecule has 1 N–H and O–H groups in total. The molecule has 0 heterocycles. The number of aliphatic carboxylic acids is 1. The summed E-state index contributed by atoms with van der Waals surface area (Å²) in [5, 5.41) is 19.1. The number of rotatable bonds is 2. The van der Waals surface area contributed by atoms with Crippen molar-refractivity contribution in [2.24, 2.45) is 11.3 Å². The Morgan fingerprint density at radius 1 is 1.57 bits per heavy atom. The van der Waals surface area contributed by atoms with Crippen LogP contribution in [-0.2, 0) is 9.59 Å². The van der Waals surface area contributed by atoms with Crippen LogP contribution >= 0.6 is 0 Å². The zero-order valence-electron chi connectivity index (χ0n) is 7.30. The molecule has 2 aliphatic rings.